The van der Waals surface area contributed by atoms with Crippen molar-refractivity contribution >= 4 is 5.97 Å². The van der Waals surface area contributed by atoms with E-state index in [-0.39, 0.29) is 5.97 Å². The van der Waals surface area contributed by atoms with Gasteiger partial charge in [0.25, 0.3) is 0 Å². The van der Waals surface area contributed by atoms with Crippen molar-refractivity contribution in [3.63, 3.8) is 0 Å². The van der Waals surface area contributed by atoms with Gasteiger partial charge in [-0.25, -0.2) is 4.79 Å². The molecule has 174 valence electrons. The van der Waals surface area contributed by atoms with Crippen LogP contribution >= 0.6 is 0 Å². The molecule has 4 nitrogen and oxygen atoms in total. The van der Waals surface area contributed by atoms with Gasteiger partial charge in [-0.15, -0.1) is 6.58 Å². The van der Waals surface area contributed by atoms with Crippen molar-refractivity contribution in [1.82, 2.24) is 0 Å². The summed E-state index contributed by atoms with van der Waals surface area (Å²) >= 11 is 0. The Morgan fingerprint density at radius 2 is 1.22 bits per heavy atom. The predicted octanol–water partition coefficient (Wildman–Crippen LogP) is 7.77. The smallest absolute Gasteiger partial charge is 0.343 e. The highest BCUT2D eigenvalue weighted by Gasteiger charge is 2.09. The Labute approximate surface area is 193 Å². The van der Waals surface area contributed by atoms with E-state index in [0.29, 0.717) is 17.9 Å². The topological polar surface area (TPSA) is 44.8 Å². The molecule has 0 aliphatic carbocycles. The predicted molar refractivity (Wildman–Crippen MR) is 131 cm³/mol. The fourth-order valence-corrected chi connectivity index (χ4v) is 3.29. The van der Waals surface area contributed by atoms with Crippen LogP contribution in [-0.2, 0) is 0 Å². The Hall–Kier alpha value is -2.75. The molecule has 32 heavy (non-hydrogen) atoms. The summed E-state index contributed by atoms with van der Waals surface area (Å²) in [5.74, 6) is 1.66. The molecule has 0 heterocycles. The largest absolute Gasteiger partial charge is 0.494 e. The van der Waals surface area contributed by atoms with Crippen molar-refractivity contribution in [1.29, 1.82) is 0 Å². The van der Waals surface area contributed by atoms with Gasteiger partial charge in [0.1, 0.15) is 17.2 Å². The summed E-state index contributed by atoms with van der Waals surface area (Å²) in [6, 6.07) is 14.2. The molecule has 0 spiro atoms. The molecule has 0 atom stereocenters. The van der Waals surface area contributed by atoms with Gasteiger partial charge < -0.3 is 14.2 Å². The molecule has 0 aliphatic rings. The first-order chi connectivity index (χ1) is 15.7. The number of carbonyl (C=O) groups is 1. The highest BCUT2D eigenvalue weighted by molar-refractivity contribution is 5.91. The third kappa shape index (κ3) is 10.5. The van der Waals surface area contributed by atoms with Gasteiger partial charge in [-0.05, 0) is 74.2 Å². The molecular formula is C28H38O4. The zero-order chi connectivity index (χ0) is 22.9. The van der Waals surface area contributed by atoms with Crippen LogP contribution in [0.25, 0.3) is 0 Å². The Balaban J connectivity index is 1.67. The van der Waals surface area contributed by atoms with Crippen LogP contribution in [0.3, 0.4) is 0 Å². The molecule has 0 aromatic heterocycles. The van der Waals surface area contributed by atoms with Crippen molar-refractivity contribution in [2.45, 2.75) is 71.1 Å². The van der Waals surface area contributed by atoms with Crippen LogP contribution in [0, 0.1) is 0 Å². The Morgan fingerprint density at radius 3 is 1.81 bits per heavy atom. The second-order valence-electron chi connectivity index (χ2n) is 7.99. The maximum atomic E-state index is 12.4. The fourth-order valence-electron chi connectivity index (χ4n) is 3.29. The van der Waals surface area contributed by atoms with Crippen LogP contribution < -0.4 is 14.2 Å². The first-order valence-corrected chi connectivity index (χ1v) is 12.0. The van der Waals surface area contributed by atoms with Crippen LogP contribution in [0.5, 0.6) is 17.2 Å². The van der Waals surface area contributed by atoms with Crippen molar-refractivity contribution in [3.05, 3.63) is 66.7 Å². The fraction of sp³-hybridized carbons (Fsp3) is 0.464. The van der Waals surface area contributed by atoms with Gasteiger partial charge in [-0.1, -0.05) is 51.5 Å². The summed E-state index contributed by atoms with van der Waals surface area (Å²) in [6.45, 7) is 7.33. The number of allylic oxidation sites excluding steroid dienone is 1. The van der Waals surface area contributed by atoms with E-state index in [9.17, 15) is 4.79 Å². The Morgan fingerprint density at radius 1 is 0.719 bits per heavy atom. The molecule has 0 unspecified atom stereocenters. The van der Waals surface area contributed by atoms with E-state index in [1.54, 1.807) is 36.4 Å². The maximum Gasteiger partial charge on any atom is 0.343 e. The van der Waals surface area contributed by atoms with E-state index in [1.807, 2.05) is 18.2 Å². The average molecular weight is 439 g/mol. The molecule has 0 aliphatic heterocycles. The van der Waals surface area contributed by atoms with E-state index >= 15 is 0 Å². The summed E-state index contributed by atoms with van der Waals surface area (Å²) in [5.41, 5.74) is 0.489. The summed E-state index contributed by atoms with van der Waals surface area (Å²) in [5, 5.41) is 0. The van der Waals surface area contributed by atoms with Gasteiger partial charge in [0.2, 0.25) is 0 Å². The third-order valence-corrected chi connectivity index (χ3v) is 5.21. The molecule has 2 aromatic rings. The van der Waals surface area contributed by atoms with Crippen LogP contribution in [-0.4, -0.2) is 19.2 Å². The normalized spacial score (nSPS) is 10.5. The van der Waals surface area contributed by atoms with Gasteiger partial charge in [0, 0.05) is 0 Å². The van der Waals surface area contributed by atoms with E-state index in [1.165, 1.54) is 38.5 Å². The number of hydrogen-bond acceptors (Lipinski definition) is 4. The van der Waals surface area contributed by atoms with Crippen LogP contribution in [0.15, 0.2) is 61.2 Å². The molecule has 2 aromatic carbocycles. The minimum Gasteiger partial charge on any atom is -0.494 e. The minimum atomic E-state index is -0.390. The lowest BCUT2D eigenvalue weighted by molar-refractivity contribution is 0.0734. The second kappa shape index (κ2) is 16.0. The Kier molecular flexibility index (Phi) is 12.7. The lowest BCUT2D eigenvalue weighted by atomic mass is 10.1. The van der Waals surface area contributed by atoms with Gasteiger partial charge in [0.15, 0.2) is 0 Å². The van der Waals surface area contributed by atoms with Crippen molar-refractivity contribution < 1.29 is 19.0 Å². The van der Waals surface area contributed by atoms with Gasteiger partial charge in [-0.2, -0.15) is 0 Å². The van der Waals surface area contributed by atoms with E-state index in [4.69, 9.17) is 14.2 Å². The second-order valence-corrected chi connectivity index (χ2v) is 7.99. The Bertz CT molecular complexity index is 765. The standard InChI is InChI=1S/C28H38O4/c1-3-5-7-9-10-11-13-23-31-26-18-20-27(21-19-26)32-28(29)24-14-16-25(17-15-24)30-22-12-8-6-4-2/h4,14-21H,2-3,5-13,22-23H2,1H3. The lowest BCUT2D eigenvalue weighted by Crippen LogP contribution is -2.08. The number of unbranched alkanes of at least 4 members (excludes halogenated alkanes) is 8. The lowest BCUT2D eigenvalue weighted by Gasteiger charge is -2.09. The number of rotatable bonds is 17. The molecule has 0 saturated heterocycles. The van der Waals surface area contributed by atoms with Crippen LogP contribution in [0.1, 0.15) is 81.5 Å². The summed E-state index contributed by atoms with van der Waals surface area (Å²) in [7, 11) is 0. The van der Waals surface area contributed by atoms with Crippen molar-refractivity contribution in [2.24, 2.45) is 0 Å². The minimum absolute atomic E-state index is 0.390. The highest BCUT2D eigenvalue weighted by Crippen LogP contribution is 2.20. The number of carbonyl (C=O) groups excluding carboxylic acids is 1. The summed E-state index contributed by atoms with van der Waals surface area (Å²) in [4.78, 5) is 12.4. The van der Waals surface area contributed by atoms with E-state index < -0.39 is 0 Å². The first-order valence-electron chi connectivity index (χ1n) is 12.0. The number of benzene rings is 2. The van der Waals surface area contributed by atoms with E-state index in [0.717, 1.165) is 43.8 Å². The molecule has 4 heteroatoms. The highest BCUT2D eigenvalue weighted by atomic mass is 16.5. The van der Waals surface area contributed by atoms with Crippen LogP contribution in [0.4, 0.5) is 0 Å². The summed E-state index contributed by atoms with van der Waals surface area (Å²) < 4.78 is 16.9. The monoisotopic (exact) mass is 438 g/mol. The van der Waals surface area contributed by atoms with Crippen LogP contribution in [0.2, 0.25) is 0 Å². The zero-order valence-corrected chi connectivity index (χ0v) is 19.5. The molecule has 2 rings (SSSR count). The molecule has 0 amide bonds. The molecule has 0 N–H and O–H groups in total. The first kappa shape index (κ1) is 25.5. The quantitative estimate of drug-likeness (QED) is 0.109. The van der Waals surface area contributed by atoms with Crippen molar-refractivity contribution in [2.75, 3.05) is 13.2 Å². The maximum absolute atomic E-state index is 12.4. The van der Waals surface area contributed by atoms with Crippen molar-refractivity contribution in [3.8, 4) is 17.2 Å². The number of ether oxygens (including phenoxy) is 3. The molecule has 0 saturated carbocycles. The number of esters is 1. The number of hydrogen-bond donors (Lipinski definition) is 0. The average Bonchev–Trinajstić information content (AvgIpc) is 2.82. The zero-order valence-electron chi connectivity index (χ0n) is 19.5. The van der Waals surface area contributed by atoms with E-state index in [2.05, 4.69) is 13.5 Å². The van der Waals surface area contributed by atoms with Gasteiger partial charge >= 0.3 is 5.97 Å². The summed E-state index contributed by atoms with van der Waals surface area (Å²) in [6.07, 6.45) is 13.8. The molecule has 0 radical (unpaired) electrons. The third-order valence-electron chi connectivity index (χ3n) is 5.21. The SMILES string of the molecule is C=CCCCCOc1ccc(C(=O)Oc2ccc(OCCCCCCCCC)cc2)cc1. The molecular weight excluding hydrogens is 400 g/mol. The molecule has 0 bridgehead atoms. The van der Waals surface area contributed by atoms with Gasteiger partial charge in [0.05, 0.1) is 18.8 Å². The van der Waals surface area contributed by atoms with Gasteiger partial charge in [-0.3, -0.25) is 0 Å². The molecule has 0 fully saturated rings.